The summed E-state index contributed by atoms with van der Waals surface area (Å²) >= 11 is 7.00. The van der Waals surface area contributed by atoms with Crippen molar-refractivity contribution in [3.63, 3.8) is 0 Å². The van der Waals surface area contributed by atoms with Gasteiger partial charge in [0.05, 0.1) is 101 Å². The Balaban J connectivity index is 1.46. The minimum absolute atomic E-state index is 0.0356. The van der Waals surface area contributed by atoms with Gasteiger partial charge in [0.25, 0.3) is 0 Å². The molecule has 0 aromatic heterocycles. The van der Waals surface area contributed by atoms with E-state index in [2.05, 4.69) is 10.8 Å². The lowest BCUT2D eigenvalue weighted by Gasteiger charge is -2.07. The summed E-state index contributed by atoms with van der Waals surface area (Å²) in [7, 11) is 0. The summed E-state index contributed by atoms with van der Waals surface area (Å²) in [6, 6.07) is 0. The molecule has 184 valence electrons. The molecule has 0 saturated carbocycles. The molecule has 0 atom stereocenters. The second-order valence-corrected chi connectivity index (χ2v) is 10.7. The van der Waals surface area contributed by atoms with Crippen molar-refractivity contribution < 1.29 is 38.6 Å². The molecule has 0 spiro atoms. The molecule has 0 radical (unpaired) electrons. The zero-order valence-electron chi connectivity index (χ0n) is 18.0. The van der Waals surface area contributed by atoms with E-state index in [4.69, 9.17) is 38.6 Å². The predicted molar refractivity (Wildman–Crippen MR) is 133 cm³/mol. The molecule has 0 aromatic rings. The number of hydrogen-bond acceptors (Lipinski definition) is 12. The maximum absolute atomic E-state index is 8.61. The Morgan fingerprint density at radius 3 is 1.22 bits per heavy atom. The summed E-state index contributed by atoms with van der Waals surface area (Å²) in [5.41, 5.74) is 0. The molecule has 0 aliphatic carbocycles. The predicted octanol–water partition coefficient (Wildman–Crippen LogP) is 2.84. The van der Waals surface area contributed by atoms with Crippen molar-refractivity contribution in [1.29, 1.82) is 0 Å². The summed E-state index contributed by atoms with van der Waals surface area (Å²) in [5.74, 6) is 0. The summed E-state index contributed by atoms with van der Waals surface area (Å²) in [6.07, 6.45) is 0. The van der Waals surface area contributed by atoms with Gasteiger partial charge in [0.1, 0.15) is 0 Å². The van der Waals surface area contributed by atoms with Crippen molar-refractivity contribution in [2.75, 3.05) is 92.5 Å². The average molecular weight is 529 g/mol. The Kier molecular flexibility index (Phi) is 17.5. The summed E-state index contributed by atoms with van der Waals surface area (Å²) < 4.78 is 35.0. The molecular weight excluding hydrogens is 496 g/mol. The van der Waals surface area contributed by atoms with Crippen LogP contribution in [0.3, 0.4) is 0 Å². The minimum atomic E-state index is 0.0356. The molecule has 32 heavy (non-hydrogen) atoms. The van der Waals surface area contributed by atoms with E-state index >= 15 is 0 Å². The number of aliphatic hydroxyl groups is 2. The quantitative estimate of drug-likeness (QED) is 0.228. The van der Waals surface area contributed by atoms with E-state index in [1.165, 1.54) is 18.3 Å². The minimum Gasteiger partial charge on any atom is -0.394 e. The summed E-state index contributed by atoms with van der Waals surface area (Å²) in [5, 5.41) is 21.5. The topological polar surface area (TPSA) is 95.8 Å². The van der Waals surface area contributed by atoms with Crippen LogP contribution in [0.4, 0.5) is 0 Å². The van der Waals surface area contributed by atoms with Crippen molar-refractivity contribution in [2.24, 2.45) is 0 Å². The van der Waals surface area contributed by atoms with Gasteiger partial charge in [-0.3, -0.25) is 0 Å². The monoisotopic (exact) mass is 528 g/mol. The number of rotatable bonds is 20. The van der Waals surface area contributed by atoms with Crippen molar-refractivity contribution in [1.82, 2.24) is 0 Å². The van der Waals surface area contributed by atoms with E-state index < -0.39 is 0 Å². The largest absolute Gasteiger partial charge is 0.394 e. The van der Waals surface area contributed by atoms with Crippen LogP contribution in [-0.2, 0) is 28.4 Å². The SMILES string of the molecule is OCCOCCOCCOCC1=CS/C(=C2/SC=C(COCCOCCOCCO)S2)S1. The van der Waals surface area contributed by atoms with E-state index in [9.17, 15) is 0 Å². The van der Waals surface area contributed by atoms with Crippen molar-refractivity contribution in [2.45, 2.75) is 0 Å². The highest BCUT2D eigenvalue weighted by atomic mass is 32.2. The molecule has 0 unspecified atom stereocenters. The van der Waals surface area contributed by atoms with Crippen LogP contribution in [0.2, 0.25) is 0 Å². The molecule has 2 heterocycles. The van der Waals surface area contributed by atoms with E-state index in [0.29, 0.717) is 79.3 Å². The van der Waals surface area contributed by atoms with Crippen molar-refractivity contribution >= 4 is 47.0 Å². The van der Waals surface area contributed by atoms with Crippen LogP contribution >= 0.6 is 47.0 Å². The highest BCUT2D eigenvalue weighted by Crippen LogP contribution is 2.55. The lowest BCUT2D eigenvalue weighted by molar-refractivity contribution is 0.0115. The molecule has 0 aromatic carbocycles. The molecule has 0 saturated heterocycles. The highest BCUT2D eigenvalue weighted by molar-refractivity contribution is 8.33. The van der Waals surface area contributed by atoms with Crippen LogP contribution in [0.1, 0.15) is 0 Å². The first-order valence-corrected chi connectivity index (χ1v) is 13.7. The van der Waals surface area contributed by atoms with Crippen LogP contribution in [0.5, 0.6) is 0 Å². The summed E-state index contributed by atoms with van der Waals surface area (Å²) in [6.45, 7) is 6.07. The fraction of sp³-hybridized carbons (Fsp3) is 0.700. The van der Waals surface area contributed by atoms with Gasteiger partial charge in [0, 0.05) is 9.81 Å². The van der Waals surface area contributed by atoms with Gasteiger partial charge in [-0.15, -0.1) is 0 Å². The second-order valence-electron chi connectivity index (χ2n) is 6.18. The molecule has 0 amide bonds. The Hall–Kier alpha value is 0.300. The first-order valence-electron chi connectivity index (χ1n) is 10.3. The van der Waals surface area contributed by atoms with Gasteiger partial charge in [0.15, 0.2) is 0 Å². The zero-order valence-corrected chi connectivity index (χ0v) is 21.3. The number of aliphatic hydroxyl groups excluding tert-OH is 2. The van der Waals surface area contributed by atoms with Gasteiger partial charge in [-0.25, -0.2) is 0 Å². The molecule has 2 rings (SSSR count). The smallest absolute Gasteiger partial charge is 0.0785 e. The number of ether oxygens (including phenoxy) is 6. The molecular formula is C20H32O8S4. The fourth-order valence-corrected chi connectivity index (χ4v) is 7.03. The van der Waals surface area contributed by atoms with E-state index in [0.717, 1.165) is 0 Å². The zero-order chi connectivity index (χ0) is 22.7. The van der Waals surface area contributed by atoms with Gasteiger partial charge in [-0.05, 0) is 10.8 Å². The first-order chi connectivity index (χ1) is 15.8. The molecule has 2 N–H and O–H groups in total. The van der Waals surface area contributed by atoms with Crippen molar-refractivity contribution in [3.05, 3.63) is 29.1 Å². The van der Waals surface area contributed by atoms with Crippen LogP contribution in [0.25, 0.3) is 0 Å². The molecule has 0 fully saturated rings. The third-order valence-corrected chi connectivity index (χ3v) is 8.97. The second kappa shape index (κ2) is 19.6. The standard InChI is InChI=1S/C20H32O8S4/c21-1-3-23-5-7-25-9-11-27-13-17-15-29-19(31-17)20-30-16-18(32-20)14-28-12-10-26-8-6-24-4-2-22/h15-16,21-22H,1-14H2/b20-19+. The maximum Gasteiger partial charge on any atom is 0.0785 e. The molecule has 12 heteroatoms. The van der Waals surface area contributed by atoms with Crippen LogP contribution in [0, 0.1) is 0 Å². The summed E-state index contributed by atoms with van der Waals surface area (Å²) in [4.78, 5) is 2.41. The Bertz CT molecular complexity index is 550. The van der Waals surface area contributed by atoms with Gasteiger partial charge in [0.2, 0.25) is 0 Å². The van der Waals surface area contributed by atoms with E-state index in [-0.39, 0.29) is 13.2 Å². The maximum atomic E-state index is 8.61. The Morgan fingerprint density at radius 1 is 0.500 bits per heavy atom. The lowest BCUT2D eigenvalue weighted by Crippen LogP contribution is -2.11. The molecule has 2 aliphatic rings. The lowest BCUT2D eigenvalue weighted by atomic mass is 10.6. The molecule has 0 bridgehead atoms. The van der Waals surface area contributed by atoms with Gasteiger partial charge in [-0.2, -0.15) is 0 Å². The van der Waals surface area contributed by atoms with E-state index in [1.54, 1.807) is 47.0 Å². The van der Waals surface area contributed by atoms with E-state index in [1.807, 2.05) is 0 Å². The van der Waals surface area contributed by atoms with Gasteiger partial charge < -0.3 is 38.6 Å². The Labute approximate surface area is 206 Å². The van der Waals surface area contributed by atoms with Crippen LogP contribution in [0.15, 0.2) is 29.1 Å². The fourth-order valence-electron chi connectivity index (χ4n) is 2.23. The van der Waals surface area contributed by atoms with Gasteiger partial charge >= 0.3 is 0 Å². The number of thioether (sulfide) groups is 4. The van der Waals surface area contributed by atoms with Crippen LogP contribution < -0.4 is 0 Å². The van der Waals surface area contributed by atoms with Gasteiger partial charge in [-0.1, -0.05) is 47.0 Å². The highest BCUT2D eigenvalue weighted by Gasteiger charge is 2.22. The van der Waals surface area contributed by atoms with Crippen LogP contribution in [-0.4, -0.2) is 103 Å². The average Bonchev–Trinajstić information content (AvgIpc) is 3.46. The third kappa shape index (κ3) is 13.3. The van der Waals surface area contributed by atoms with Crippen molar-refractivity contribution in [3.8, 4) is 0 Å². The Morgan fingerprint density at radius 2 is 0.844 bits per heavy atom. The molecule has 2 aliphatic heterocycles. The molecule has 8 nitrogen and oxygen atoms in total. The normalized spacial score (nSPS) is 18.4. The third-order valence-electron chi connectivity index (χ3n) is 3.66. The number of hydrogen-bond donors (Lipinski definition) is 2. The first kappa shape index (κ1) is 28.5.